The summed E-state index contributed by atoms with van der Waals surface area (Å²) in [5.74, 6) is -0.192. The van der Waals surface area contributed by atoms with Crippen LogP contribution in [0.1, 0.15) is 11.4 Å². The zero-order valence-corrected chi connectivity index (χ0v) is 12.7. The van der Waals surface area contributed by atoms with Gasteiger partial charge in [0.25, 0.3) is 0 Å². The van der Waals surface area contributed by atoms with Crippen LogP contribution in [0.4, 0.5) is 19.0 Å². The summed E-state index contributed by atoms with van der Waals surface area (Å²) in [5, 5.41) is 9.85. The van der Waals surface area contributed by atoms with E-state index in [1.54, 1.807) is 19.3 Å². The second-order valence-electron chi connectivity index (χ2n) is 4.33. The molecule has 0 saturated carbocycles. The van der Waals surface area contributed by atoms with Crippen LogP contribution in [-0.2, 0) is 24.6 Å². The second kappa shape index (κ2) is 5.51. The monoisotopic (exact) mass is 365 g/mol. The number of alkyl halides is 3. The summed E-state index contributed by atoms with van der Waals surface area (Å²) < 4.78 is 40.4. The molecule has 0 fully saturated rings. The number of carbonyl (C=O) groups excluding carboxylic acids is 1. The summed E-state index contributed by atoms with van der Waals surface area (Å²) in [6, 6.07) is 1.57. The van der Waals surface area contributed by atoms with E-state index in [0.29, 0.717) is 5.82 Å². The Kier molecular flexibility index (Phi) is 4.08. The summed E-state index contributed by atoms with van der Waals surface area (Å²) in [5.41, 5.74) is -0.830. The second-order valence-corrected chi connectivity index (χ2v) is 5.12. The molecule has 1 amide bonds. The van der Waals surface area contributed by atoms with Crippen LogP contribution in [0.25, 0.3) is 0 Å². The van der Waals surface area contributed by atoms with E-state index in [-0.39, 0.29) is 16.7 Å². The molecule has 0 aliphatic carbocycles. The Hall–Kier alpha value is -1.84. The molecule has 2 heterocycles. The smallest absolute Gasteiger partial charge is 0.308 e. The molecular formula is C11H11BrF3N5O. The van der Waals surface area contributed by atoms with Crippen LogP contribution in [0, 0.1) is 6.92 Å². The van der Waals surface area contributed by atoms with Gasteiger partial charge < -0.3 is 5.32 Å². The van der Waals surface area contributed by atoms with E-state index in [4.69, 9.17) is 0 Å². The number of aryl methyl sites for hydroxylation is 1. The van der Waals surface area contributed by atoms with Gasteiger partial charge >= 0.3 is 6.18 Å². The van der Waals surface area contributed by atoms with Crippen molar-refractivity contribution in [2.45, 2.75) is 19.6 Å². The summed E-state index contributed by atoms with van der Waals surface area (Å²) in [7, 11) is 1.68. The fourth-order valence-corrected chi connectivity index (χ4v) is 2.17. The van der Waals surface area contributed by atoms with Gasteiger partial charge in [0.1, 0.15) is 6.54 Å². The predicted octanol–water partition coefficient (Wildman–Crippen LogP) is 2.35. The first-order chi connectivity index (χ1) is 9.68. The van der Waals surface area contributed by atoms with Crippen LogP contribution in [0.5, 0.6) is 0 Å². The lowest BCUT2D eigenvalue weighted by Gasteiger charge is -2.04. The number of hydrogen-bond acceptors (Lipinski definition) is 3. The normalized spacial score (nSPS) is 11.7. The van der Waals surface area contributed by atoms with E-state index in [1.165, 1.54) is 11.6 Å². The van der Waals surface area contributed by atoms with Gasteiger partial charge in [-0.05, 0) is 22.9 Å². The zero-order valence-electron chi connectivity index (χ0n) is 11.1. The number of carbonyl (C=O) groups is 1. The van der Waals surface area contributed by atoms with Gasteiger partial charge in [-0.2, -0.15) is 23.4 Å². The third-order valence-corrected chi connectivity index (χ3v) is 3.63. The fraction of sp³-hybridized carbons (Fsp3) is 0.364. The molecule has 114 valence electrons. The van der Waals surface area contributed by atoms with Gasteiger partial charge in [-0.1, -0.05) is 0 Å². The molecule has 0 bridgehead atoms. The highest BCUT2D eigenvalue weighted by atomic mass is 79.9. The van der Waals surface area contributed by atoms with E-state index in [1.807, 2.05) is 0 Å². The van der Waals surface area contributed by atoms with Crippen LogP contribution in [0.3, 0.4) is 0 Å². The number of hydrogen-bond donors (Lipinski definition) is 1. The molecule has 0 spiro atoms. The molecule has 0 aliphatic heterocycles. The minimum atomic E-state index is -4.58. The third kappa shape index (κ3) is 3.43. The van der Waals surface area contributed by atoms with Gasteiger partial charge in [0.05, 0.1) is 10.2 Å². The Labute approximate surface area is 126 Å². The van der Waals surface area contributed by atoms with Crippen molar-refractivity contribution in [3.63, 3.8) is 0 Å². The van der Waals surface area contributed by atoms with E-state index >= 15 is 0 Å². The maximum absolute atomic E-state index is 12.7. The number of nitrogens with zero attached hydrogens (tertiary/aromatic N) is 4. The molecule has 1 N–H and O–H groups in total. The molecule has 0 aromatic carbocycles. The minimum absolute atomic E-state index is 0.166. The average Bonchev–Trinajstić information content (AvgIpc) is 2.87. The van der Waals surface area contributed by atoms with Crippen LogP contribution < -0.4 is 5.32 Å². The summed E-state index contributed by atoms with van der Waals surface area (Å²) >= 11 is 2.85. The molecule has 10 heteroatoms. The van der Waals surface area contributed by atoms with Gasteiger partial charge in [-0.25, -0.2) is 0 Å². The largest absolute Gasteiger partial charge is 0.436 e. The van der Waals surface area contributed by atoms with Crippen LogP contribution >= 0.6 is 15.9 Å². The van der Waals surface area contributed by atoms with Crippen molar-refractivity contribution in [1.82, 2.24) is 19.6 Å². The van der Waals surface area contributed by atoms with Gasteiger partial charge in [-0.15, -0.1) is 0 Å². The van der Waals surface area contributed by atoms with Crippen LogP contribution in [-0.4, -0.2) is 25.5 Å². The van der Waals surface area contributed by atoms with E-state index < -0.39 is 17.8 Å². The minimum Gasteiger partial charge on any atom is -0.308 e. The highest BCUT2D eigenvalue weighted by Crippen LogP contribution is 2.35. The van der Waals surface area contributed by atoms with Gasteiger partial charge in [0.2, 0.25) is 5.91 Å². The van der Waals surface area contributed by atoms with Gasteiger partial charge in [0.15, 0.2) is 11.5 Å². The van der Waals surface area contributed by atoms with Gasteiger partial charge in [0, 0.05) is 19.3 Å². The lowest BCUT2D eigenvalue weighted by atomic mass is 10.3. The number of anilines is 1. The number of amides is 1. The third-order valence-electron chi connectivity index (χ3n) is 2.68. The topological polar surface area (TPSA) is 64.7 Å². The highest BCUT2D eigenvalue weighted by Gasteiger charge is 2.38. The SMILES string of the molecule is Cc1c(Br)c(C(F)(F)F)nn1CC(=O)Nc1ccn(C)n1. The molecular weight excluding hydrogens is 355 g/mol. The van der Waals surface area contributed by atoms with Crippen molar-refractivity contribution in [3.05, 3.63) is 28.1 Å². The van der Waals surface area contributed by atoms with Crippen molar-refractivity contribution in [3.8, 4) is 0 Å². The van der Waals surface area contributed by atoms with E-state index in [9.17, 15) is 18.0 Å². The quantitative estimate of drug-likeness (QED) is 0.907. The molecule has 2 rings (SSSR count). The number of nitrogens with one attached hydrogen (secondary N) is 1. The van der Waals surface area contributed by atoms with Crippen LogP contribution in [0.15, 0.2) is 16.7 Å². The molecule has 0 radical (unpaired) electrons. The Balaban J connectivity index is 2.14. The highest BCUT2D eigenvalue weighted by molar-refractivity contribution is 9.10. The molecule has 2 aromatic rings. The molecule has 0 saturated heterocycles. The Morgan fingerprint density at radius 2 is 2.10 bits per heavy atom. The van der Waals surface area contributed by atoms with Gasteiger partial charge in [-0.3, -0.25) is 14.2 Å². The Morgan fingerprint density at radius 3 is 2.57 bits per heavy atom. The van der Waals surface area contributed by atoms with E-state index in [2.05, 4.69) is 31.4 Å². The number of rotatable bonds is 3. The number of aromatic nitrogens is 4. The molecule has 0 unspecified atom stereocenters. The maximum atomic E-state index is 12.7. The lowest BCUT2D eigenvalue weighted by molar-refractivity contribution is -0.142. The molecule has 0 aliphatic rings. The first-order valence-corrected chi connectivity index (χ1v) is 6.57. The van der Waals surface area contributed by atoms with Crippen molar-refractivity contribution >= 4 is 27.7 Å². The predicted molar refractivity (Wildman–Crippen MR) is 71.5 cm³/mol. The summed E-state index contributed by atoms with van der Waals surface area (Å²) in [6.07, 6.45) is -2.95. The standard InChI is InChI=1S/C11H11BrF3N5O/c1-6-9(12)10(11(13,14)15)18-20(6)5-8(21)16-7-3-4-19(2)17-7/h3-4H,5H2,1-2H3,(H,16,17,21). The first kappa shape index (κ1) is 15.5. The molecule has 6 nitrogen and oxygen atoms in total. The zero-order chi connectivity index (χ0) is 15.8. The van der Waals surface area contributed by atoms with Crippen molar-refractivity contribution in [2.24, 2.45) is 7.05 Å². The lowest BCUT2D eigenvalue weighted by Crippen LogP contribution is -2.21. The first-order valence-electron chi connectivity index (χ1n) is 5.78. The maximum Gasteiger partial charge on any atom is 0.436 e. The molecule has 21 heavy (non-hydrogen) atoms. The molecule has 0 atom stereocenters. The summed E-state index contributed by atoms with van der Waals surface area (Å²) in [6.45, 7) is 1.11. The average molecular weight is 366 g/mol. The van der Waals surface area contributed by atoms with Crippen molar-refractivity contribution in [2.75, 3.05) is 5.32 Å². The Morgan fingerprint density at radius 1 is 1.43 bits per heavy atom. The van der Waals surface area contributed by atoms with Crippen molar-refractivity contribution in [1.29, 1.82) is 0 Å². The number of halogens is 4. The fourth-order valence-electron chi connectivity index (χ4n) is 1.66. The van der Waals surface area contributed by atoms with Crippen LogP contribution in [0.2, 0.25) is 0 Å². The van der Waals surface area contributed by atoms with Crippen molar-refractivity contribution < 1.29 is 18.0 Å². The van der Waals surface area contributed by atoms with E-state index in [0.717, 1.165) is 4.68 Å². The summed E-state index contributed by atoms with van der Waals surface area (Å²) in [4.78, 5) is 11.8. The molecule has 2 aromatic heterocycles. The Bertz CT molecular complexity index is 676.